The van der Waals surface area contributed by atoms with Gasteiger partial charge in [-0.1, -0.05) is 34.6 Å². The van der Waals surface area contributed by atoms with E-state index in [4.69, 9.17) is 28.4 Å². The fraction of sp³-hybridized carbons (Fsp3) is 0.974. The Balaban J connectivity index is 1.83. The van der Waals surface area contributed by atoms with Gasteiger partial charge in [0.2, 0.25) is 5.91 Å². The molecule has 4 aliphatic rings. The zero-order valence-corrected chi connectivity index (χ0v) is 33.9. The third-order valence-electron chi connectivity index (χ3n) is 13.0. The number of likely N-dealkylation sites (N-methyl/N-ethyl adjacent to an activating group) is 1. The normalized spacial score (nSPS) is 50.4. The van der Waals surface area contributed by atoms with Crippen LogP contribution >= 0.6 is 0 Å². The molecular formula is C39H72N2O10. The quantitative estimate of drug-likeness (QED) is 0.288. The molecule has 4 heterocycles. The Kier molecular flexibility index (Phi) is 13.8. The first-order valence-corrected chi connectivity index (χ1v) is 19.5. The predicted octanol–water partition coefficient (Wildman–Crippen LogP) is 4.00. The van der Waals surface area contributed by atoms with Crippen LogP contribution in [0.4, 0.5) is 0 Å². The Labute approximate surface area is 307 Å². The van der Waals surface area contributed by atoms with Crippen LogP contribution in [-0.4, -0.2) is 131 Å². The molecule has 4 aliphatic heterocycles. The first-order chi connectivity index (χ1) is 23.6. The molecule has 0 aromatic heterocycles. The van der Waals surface area contributed by atoms with Gasteiger partial charge in [0.15, 0.2) is 12.6 Å². The van der Waals surface area contributed by atoms with Crippen LogP contribution in [0.15, 0.2) is 0 Å². The van der Waals surface area contributed by atoms with Gasteiger partial charge in [0.25, 0.3) is 0 Å². The Hall–Kier alpha value is -0.930. The second-order valence-electron chi connectivity index (χ2n) is 17.7. The Morgan fingerprint density at radius 2 is 1.61 bits per heavy atom. The van der Waals surface area contributed by atoms with E-state index in [1.165, 1.54) is 0 Å². The van der Waals surface area contributed by atoms with E-state index in [9.17, 15) is 20.1 Å². The van der Waals surface area contributed by atoms with Crippen molar-refractivity contribution in [2.45, 2.75) is 205 Å². The van der Waals surface area contributed by atoms with Crippen molar-refractivity contribution in [3.8, 4) is 0 Å². The highest BCUT2D eigenvalue weighted by molar-refractivity contribution is 5.79. The second-order valence-corrected chi connectivity index (χ2v) is 17.7. The number of nitrogens with zero attached hydrogens (tertiary/aromatic N) is 1. The van der Waals surface area contributed by atoms with Gasteiger partial charge >= 0.3 is 0 Å². The summed E-state index contributed by atoms with van der Waals surface area (Å²) in [5.41, 5.74) is -3.07. The van der Waals surface area contributed by atoms with E-state index in [2.05, 4.69) is 31.0 Å². The molecule has 0 aliphatic carbocycles. The number of ether oxygens (including phenoxy) is 6. The fourth-order valence-electron chi connectivity index (χ4n) is 9.66. The summed E-state index contributed by atoms with van der Waals surface area (Å²) in [6.07, 6.45) is -3.23. The molecular weight excluding hydrogens is 656 g/mol. The average molecular weight is 729 g/mol. The minimum absolute atomic E-state index is 0.0102. The lowest BCUT2D eigenvalue weighted by Gasteiger charge is -2.48. The molecule has 0 aromatic rings. The van der Waals surface area contributed by atoms with Crippen molar-refractivity contribution in [2.75, 3.05) is 14.2 Å². The maximum Gasteiger partial charge on any atom is 0.225 e. The molecule has 4 rings (SSSR count). The van der Waals surface area contributed by atoms with Crippen molar-refractivity contribution in [2.24, 2.45) is 23.7 Å². The molecule has 1 amide bonds. The Morgan fingerprint density at radius 1 is 0.961 bits per heavy atom. The Morgan fingerprint density at radius 3 is 2.20 bits per heavy atom. The standard InChI is InChI=1S/C39H72N2O10/c1-15-28-39(12,45)33(43)24(7)31-21(4)17-38(11,51-31)34(50-36-30(42)27(16-22(5)48-36)41(13)20(2)3)25(8)32(26(9)35(44)40-28)49-29-19-37(10,46-14)18-23(6)47-29/h20-34,36,42-43,45H,15-19H2,1-14H3,(H,40,44)/t21?,22-,23+,24+,25+,26-,27?,28-,29?,30-,31?,32+,33-,34-,36?,37+,38-,39-/m1/s1. The highest BCUT2D eigenvalue weighted by Gasteiger charge is 2.57. The van der Waals surface area contributed by atoms with E-state index in [1.807, 2.05) is 62.4 Å². The van der Waals surface area contributed by atoms with Crippen molar-refractivity contribution in [1.29, 1.82) is 0 Å². The zero-order chi connectivity index (χ0) is 38.4. The van der Waals surface area contributed by atoms with E-state index >= 15 is 0 Å². The van der Waals surface area contributed by atoms with Crippen LogP contribution in [0.2, 0.25) is 0 Å². The number of hydrogen-bond acceptors (Lipinski definition) is 11. The molecule has 0 radical (unpaired) electrons. The summed E-state index contributed by atoms with van der Waals surface area (Å²) < 4.78 is 39.6. The topological polar surface area (TPSA) is 148 Å². The third-order valence-corrected chi connectivity index (χ3v) is 13.0. The molecule has 4 saturated heterocycles. The van der Waals surface area contributed by atoms with Gasteiger partial charge in [-0.15, -0.1) is 0 Å². The zero-order valence-electron chi connectivity index (χ0n) is 33.9. The van der Waals surface area contributed by atoms with Crippen LogP contribution in [0.5, 0.6) is 0 Å². The molecule has 18 atom stereocenters. The number of aliphatic hydroxyl groups is 3. The lowest BCUT2D eigenvalue weighted by Crippen LogP contribution is -2.61. The number of fused-ring (bicyclic) bond motifs is 2. The molecule has 12 nitrogen and oxygen atoms in total. The number of methoxy groups -OCH3 is 1. The number of aliphatic hydroxyl groups excluding tert-OH is 2. The minimum atomic E-state index is -1.65. The van der Waals surface area contributed by atoms with Gasteiger partial charge in [0.05, 0.1) is 59.8 Å². The van der Waals surface area contributed by atoms with Crippen LogP contribution in [0.25, 0.3) is 0 Å². The first-order valence-electron chi connectivity index (χ1n) is 19.5. The average Bonchev–Trinajstić information content (AvgIpc) is 3.37. The van der Waals surface area contributed by atoms with Crippen molar-refractivity contribution >= 4 is 5.91 Å². The monoisotopic (exact) mass is 729 g/mol. The highest BCUT2D eigenvalue weighted by Crippen LogP contribution is 2.47. The van der Waals surface area contributed by atoms with Gasteiger partial charge in [-0.2, -0.15) is 0 Å². The van der Waals surface area contributed by atoms with Gasteiger partial charge < -0.3 is 49.1 Å². The van der Waals surface area contributed by atoms with Gasteiger partial charge in [-0.05, 0) is 80.7 Å². The van der Waals surface area contributed by atoms with E-state index in [0.29, 0.717) is 32.1 Å². The fourth-order valence-corrected chi connectivity index (χ4v) is 9.66. The summed E-state index contributed by atoms with van der Waals surface area (Å²) >= 11 is 0. The van der Waals surface area contributed by atoms with Crippen LogP contribution < -0.4 is 5.32 Å². The summed E-state index contributed by atoms with van der Waals surface area (Å²) in [4.78, 5) is 16.4. The third kappa shape index (κ3) is 8.97. The summed E-state index contributed by atoms with van der Waals surface area (Å²) in [6, 6.07) is -0.736. The predicted molar refractivity (Wildman–Crippen MR) is 194 cm³/mol. The smallest absolute Gasteiger partial charge is 0.225 e. The summed E-state index contributed by atoms with van der Waals surface area (Å²) in [5.74, 6) is -2.03. The molecule has 4 fully saturated rings. The number of carbonyl (C=O) groups is 1. The number of hydrogen-bond donors (Lipinski definition) is 4. The van der Waals surface area contributed by atoms with Crippen molar-refractivity contribution in [3.63, 3.8) is 0 Å². The van der Waals surface area contributed by atoms with Crippen molar-refractivity contribution in [3.05, 3.63) is 0 Å². The van der Waals surface area contributed by atoms with Crippen LogP contribution in [0, 0.1) is 23.7 Å². The maximum absolute atomic E-state index is 14.3. The lowest BCUT2D eigenvalue weighted by atomic mass is 9.75. The summed E-state index contributed by atoms with van der Waals surface area (Å²) in [5, 5.41) is 38.5. The number of amides is 1. The van der Waals surface area contributed by atoms with Crippen molar-refractivity contribution in [1.82, 2.24) is 10.2 Å². The molecule has 2 bridgehead atoms. The van der Waals surface area contributed by atoms with Crippen LogP contribution in [0.3, 0.4) is 0 Å². The number of carbonyl (C=O) groups excluding carboxylic acids is 1. The van der Waals surface area contributed by atoms with Gasteiger partial charge in [-0.3, -0.25) is 9.69 Å². The van der Waals surface area contributed by atoms with E-state index in [-0.39, 0.29) is 36.1 Å². The van der Waals surface area contributed by atoms with E-state index in [1.54, 1.807) is 14.0 Å². The van der Waals surface area contributed by atoms with Crippen LogP contribution in [-0.2, 0) is 33.2 Å². The minimum Gasteiger partial charge on any atom is -0.390 e. The molecule has 5 unspecified atom stereocenters. The molecule has 298 valence electrons. The molecule has 51 heavy (non-hydrogen) atoms. The summed E-state index contributed by atoms with van der Waals surface area (Å²) in [7, 11) is 3.70. The molecule has 4 N–H and O–H groups in total. The van der Waals surface area contributed by atoms with Crippen LogP contribution in [0.1, 0.15) is 115 Å². The molecule has 0 spiro atoms. The summed E-state index contributed by atoms with van der Waals surface area (Å²) in [6.45, 7) is 23.5. The lowest BCUT2D eigenvalue weighted by molar-refractivity contribution is -0.312. The maximum atomic E-state index is 14.3. The molecule has 0 saturated carbocycles. The molecule has 12 heteroatoms. The first kappa shape index (κ1) is 42.8. The highest BCUT2D eigenvalue weighted by atomic mass is 16.7. The SMILES string of the molecule is CC[C@H]1NC(=O)[C@H](C)[C@@H](OC2C[C@@](C)(OC)C[C@H](C)O2)[C@H](C)[C@@H](OC2O[C@H](C)CC(N(C)C(C)C)[C@H]2O)[C@@]2(C)CC(C)C(O2)[C@H](C)[C@@H](O)[C@]1(C)O. The van der Waals surface area contributed by atoms with Gasteiger partial charge in [0.1, 0.15) is 11.7 Å². The van der Waals surface area contributed by atoms with Gasteiger partial charge in [-0.25, -0.2) is 0 Å². The largest absolute Gasteiger partial charge is 0.390 e. The van der Waals surface area contributed by atoms with Crippen molar-refractivity contribution < 1.29 is 48.5 Å². The van der Waals surface area contributed by atoms with E-state index in [0.717, 1.165) is 0 Å². The number of rotatable bonds is 8. The Bertz CT molecular complexity index is 1160. The number of nitrogens with one attached hydrogen (secondary N) is 1. The van der Waals surface area contributed by atoms with Gasteiger partial charge in [0, 0.05) is 43.9 Å². The molecule has 0 aromatic carbocycles. The van der Waals surface area contributed by atoms with E-state index < -0.39 is 83.7 Å². The second kappa shape index (κ2) is 16.4.